The number of rotatable bonds is 7. The number of carbonyl (C=O) groups excluding carboxylic acids is 1. The molecule has 0 saturated carbocycles. The van der Waals surface area contributed by atoms with Crippen LogP contribution < -0.4 is 5.32 Å². The Labute approximate surface area is 114 Å². The Hall–Kier alpha value is -1.42. The number of nitrogens with one attached hydrogen (secondary N) is 1. The highest BCUT2D eigenvalue weighted by atomic mass is 16.5. The molecule has 1 amide bonds. The van der Waals surface area contributed by atoms with Crippen LogP contribution in [0, 0.1) is 0 Å². The van der Waals surface area contributed by atoms with Crippen LogP contribution in [0.4, 0.5) is 0 Å². The van der Waals surface area contributed by atoms with Crippen molar-refractivity contribution in [2.45, 2.75) is 44.6 Å². The number of carbonyl (C=O) groups is 1. The summed E-state index contributed by atoms with van der Waals surface area (Å²) in [5, 5.41) is 2.96. The Bertz CT molecular complexity index is 375. The Morgan fingerprint density at radius 3 is 2.95 bits per heavy atom. The van der Waals surface area contributed by atoms with Crippen molar-refractivity contribution in [1.29, 1.82) is 0 Å². The average Bonchev–Trinajstić information content (AvgIpc) is 2.92. The van der Waals surface area contributed by atoms with E-state index in [2.05, 4.69) is 10.3 Å². The number of hydrogen-bond donors (Lipinski definition) is 1. The summed E-state index contributed by atoms with van der Waals surface area (Å²) in [5.41, 5.74) is 1.01. The summed E-state index contributed by atoms with van der Waals surface area (Å²) >= 11 is 0. The van der Waals surface area contributed by atoms with Crippen LogP contribution in [0.25, 0.3) is 0 Å². The smallest absolute Gasteiger partial charge is 0.224 e. The van der Waals surface area contributed by atoms with Gasteiger partial charge in [0.25, 0.3) is 0 Å². The van der Waals surface area contributed by atoms with Crippen LogP contribution in [0.2, 0.25) is 0 Å². The molecular formula is C15H22N2O2. The third kappa shape index (κ3) is 5.39. The van der Waals surface area contributed by atoms with E-state index in [-0.39, 0.29) is 5.91 Å². The van der Waals surface area contributed by atoms with Crippen molar-refractivity contribution < 1.29 is 9.53 Å². The predicted molar refractivity (Wildman–Crippen MR) is 73.8 cm³/mol. The third-order valence-electron chi connectivity index (χ3n) is 3.41. The quantitative estimate of drug-likeness (QED) is 0.765. The zero-order chi connectivity index (χ0) is 13.3. The minimum Gasteiger partial charge on any atom is -0.378 e. The van der Waals surface area contributed by atoms with E-state index in [0.717, 1.165) is 38.0 Å². The molecule has 19 heavy (non-hydrogen) atoms. The molecule has 0 spiro atoms. The molecule has 2 heterocycles. The van der Waals surface area contributed by atoms with Gasteiger partial charge in [0.15, 0.2) is 0 Å². The van der Waals surface area contributed by atoms with Crippen molar-refractivity contribution in [2.75, 3.05) is 13.2 Å². The lowest BCUT2D eigenvalue weighted by atomic mass is 10.1. The first-order valence-electron chi connectivity index (χ1n) is 7.12. The molecule has 4 nitrogen and oxygen atoms in total. The molecule has 1 aliphatic heterocycles. The molecule has 0 unspecified atom stereocenters. The Balaban J connectivity index is 1.51. The maximum Gasteiger partial charge on any atom is 0.224 e. The largest absolute Gasteiger partial charge is 0.378 e. The fourth-order valence-corrected chi connectivity index (χ4v) is 2.35. The molecule has 0 bridgehead atoms. The molecule has 1 fully saturated rings. The van der Waals surface area contributed by atoms with Crippen molar-refractivity contribution in [1.82, 2.24) is 10.3 Å². The van der Waals surface area contributed by atoms with Crippen molar-refractivity contribution in [3.63, 3.8) is 0 Å². The van der Waals surface area contributed by atoms with Crippen LogP contribution >= 0.6 is 0 Å². The van der Waals surface area contributed by atoms with E-state index < -0.39 is 0 Å². The fourth-order valence-electron chi connectivity index (χ4n) is 2.35. The van der Waals surface area contributed by atoms with Crippen molar-refractivity contribution in [3.8, 4) is 0 Å². The van der Waals surface area contributed by atoms with Gasteiger partial charge in [0, 0.05) is 25.5 Å². The standard InChI is InChI=1S/C15H22N2O2/c18-15(12-13-6-9-16-10-7-13)17-8-2-1-4-14-5-3-11-19-14/h6-7,9-10,14H,1-5,8,11-12H2,(H,17,18)/t14-/m1/s1. The van der Waals surface area contributed by atoms with Gasteiger partial charge in [-0.05, 0) is 49.8 Å². The first-order valence-corrected chi connectivity index (χ1v) is 7.12. The monoisotopic (exact) mass is 262 g/mol. The average molecular weight is 262 g/mol. The molecule has 1 N–H and O–H groups in total. The molecule has 1 atom stereocenters. The molecule has 1 aromatic heterocycles. The third-order valence-corrected chi connectivity index (χ3v) is 3.41. The first-order chi connectivity index (χ1) is 9.34. The normalized spacial score (nSPS) is 18.4. The summed E-state index contributed by atoms with van der Waals surface area (Å²) in [6.07, 6.45) is 10.0. The number of nitrogens with zero attached hydrogens (tertiary/aromatic N) is 1. The summed E-state index contributed by atoms with van der Waals surface area (Å²) in [5.74, 6) is 0.0864. The summed E-state index contributed by atoms with van der Waals surface area (Å²) < 4.78 is 5.57. The van der Waals surface area contributed by atoms with E-state index >= 15 is 0 Å². The molecule has 1 aromatic rings. The van der Waals surface area contributed by atoms with Gasteiger partial charge in [-0.1, -0.05) is 0 Å². The van der Waals surface area contributed by atoms with Crippen LogP contribution in [-0.4, -0.2) is 30.1 Å². The predicted octanol–water partition coefficient (Wildman–Crippen LogP) is 2.09. The van der Waals surface area contributed by atoms with E-state index in [4.69, 9.17) is 4.74 Å². The molecule has 4 heteroatoms. The van der Waals surface area contributed by atoms with Gasteiger partial charge in [-0.25, -0.2) is 0 Å². The zero-order valence-corrected chi connectivity index (χ0v) is 11.3. The van der Waals surface area contributed by atoms with Crippen molar-refractivity contribution >= 4 is 5.91 Å². The Morgan fingerprint density at radius 1 is 1.37 bits per heavy atom. The van der Waals surface area contributed by atoms with E-state index in [0.29, 0.717) is 12.5 Å². The SMILES string of the molecule is O=C(Cc1ccncc1)NCCCC[C@@H]1CCCO1. The number of hydrogen-bond acceptors (Lipinski definition) is 3. The van der Waals surface area contributed by atoms with Crippen LogP contribution in [0.5, 0.6) is 0 Å². The van der Waals surface area contributed by atoms with Crippen LogP contribution in [-0.2, 0) is 16.0 Å². The Kier molecular flexibility index (Phi) is 5.82. The highest BCUT2D eigenvalue weighted by Gasteiger charge is 2.14. The molecule has 104 valence electrons. The zero-order valence-electron chi connectivity index (χ0n) is 11.3. The van der Waals surface area contributed by atoms with Gasteiger partial charge in [-0.2, -0.15) is 0 Å². The summed E-state index contributed by atoms with van der Waals surface area (Å²) in [6.45, 7) is 1.68. The van der Waals surface area contributed by atoms with Gasteiger partial charge in [-0.3, -0.25) is 9.78 Å². The van der Waals surface area contributed by atoms with E-state index in [1.54, 1.807) is 12.4 Å². The van der Waals surface area contributed by atoms with E-state index in [1.165, 1.54) is 12.8 Å². The minimum atomic E-state index is 0.0864. The molecule has 1 saturated heterocycles. The highest BCUT2D eigenvalue weighted by molar-refractivity contribution is 5.78. The molecule has 0 radical (unpaired) electrons. The van der Waals surface area contributed by atoms with Gasteiger partial charge >= 0.3 is 0 Å². The molecule has 1 aliphatic rings. The number of ether oxygens (including phenoxy) is 1. The second-order valence-corrected chi connectivity index (χ2v) is 5.01. The lowest BCUT2D eigenvalue weighted by molar-refractivity contribution is -0.120. The van der Waals surface area contributed by atoms with Gasteiger partial charge in [-0.15, -0.1) is 0 Å². The second kappa shape index (κ2) is 7.89. The van der Waals surface area contributed by atoms with E-state index in [1.807, 2.05) is 12.1 Å². The lowest BCUT2D eigenvalue weighted by Crippen LogP contribution is -2.26. The van der Waals surface area contributed by atoms with Crippen molar-refractivity contribution in [2.24, 2.45) is 0 Å². The first kappa shape index (κ1) is 14.0. The number of pyridine rings is 1. The van der Waals surface area contributed by atoms with Gasteiger partial charge in [0.1, 0.15) is 0 Å². The van der Waals surface area contributed by atoms with Gasteiger partial charge in [0.05, 0.1) is 12.5 Å². The van der Waals surface area contributed by atoms with Gasteiger partial charge < -0.3 is 10.1 Å². The van der Waals surface area contributed by atoms with Gasteiger partial charge in [0.2, 0.25) is 5.91 Å². The number of unbranched alkanes of at least 4 members (excludes halogenated alkanes) is 1. The van der Waals surface area contributed by atoms with Crippen LogP contribution in [0.15, 0.2) is 24.5 Å². The Morgan fingerprint density at radius 2 is 2.21 bits per heavy atom. The summed E-state index contributed by atoms with van der Waals surface area (Å²) in [7, 11) is 0. The minimum absolute atomic E-state index is 0.0864. The van der Waals surface area contributed by atoms with Crippen LogP contribution in [0.3, 0.4) is 0 Å². The fraction of sp³-hybridized carbons (Fsp3) is 0.600. The summed E-state index contributed by atoms with van der Waals surface area (Å²) in [4.78, 5) is 15.6. The van der Waals surface area contributed by atoms with E-state index in [9.17, 15) is 4.79 Å². The molecular weight excluding hydrogens is 240 g/mol. The maximum atomic E-state index is 11.7. The molecule has 0 aromatic carbocycles. The van der Waals surface area contributed by atoms with Crippen molar-refractivity contribution in [3.05, 3.63) is 30.1 Å². The molecule has 2 rings (SSSR count). The topological polar surface area (TPSA) is 51.2 Å². The van der Waals surface area contributed by atoms with Crippen LogP contribution in [0.1, 0.15) is 37.7 Å². The second-order valence-electron chi connectivity index (χ2n) is 5.01. The summed E-state index contributed by atoms with van der Waals surface area (Å²) in [6, 6.07) is 3.74. The number of amides is 1. The number of aromatic nitrogens is 1. The molecule has 0 aliphatic carbocycles. The maximum absolute atomic E-state index is 11.7. The lowest BCUT2D eigenvalue weighted by Gasteiger charge is -2.09. The highest BCUT2D eigenvalue weighted by Crippen LogP contribution is 2.17.